The number of piperidine rings is 1. The highest BCUT2D eigenvalue weighted by atomic mass is 16.1. The molecule has 1 rings (SSSR count). The van der Waals surface area contributed by atoms with Gasteiger partial charge in [-0.3, -0.25) is 4.79 Å². The second-order valence-corrected chi connectivity index (χ2v) is 4.71. The maximum atomic E-state index is 11.4. The molecule has 0 aliphatic carbocycles. The van der Waals surface area contributed by atoms with Crippen molar-refractivity contribution in [2.45, 2.75) is 39.0 Å². The lowest BCUT2D eigenvalue weighted by atomic mass is 10.1. The van der Waals surface area contributed by atoms with Crippen LogP contribution in [0.25, 0.3) is 0 Å². The third kappa shape index (κ3) is 7.34. The summed E-state index contributed by atoms with van der Waals surface area (Å²) in [6.45, 7) is 8.21. The van der Waals surface area contributed by atoms with E-state index in [-0.39, 0.29) is 5.91 Å². The lowest BCUT2D eigenvalue weighted by Gasteiger charge is -2.26. The molecule has 0 atom stereocenters. The molecule has 4 nitrogen and oxygen atoms in total. The molecule has 100 valence electrons. The maximum Gasteiger partial charge on any atom is 0.221 e. The predicted molar refractivity (Wildman–Crippen MR) is 71.1 cm³/mol. The first-order chi connectivity index (χ1) is 8.33. The van der Waals surface area contributed by atoms with Gasteiger partial charge in [0.15, 0.2) is 0 Å². The molecule has 0 radical (unpaired) electrons. The average molecular weight is 241 g/mol. The van der Waals surface area contributed by atoms with Crippen LogP contribution >= 0.6 is 0 Å². The molecule has 2 N–H and O–H groups in total. The first-order valence-corrected chi connectivity index (χ1v) is 7.02. The smallest absolute Gasteiger partial charge is 0.221 e. The third-order valence-corrected chi connectivity index (χ3v) is 3.20. The molecule has 0 spiro atoms. The fourth-order valence-corrected chi connectivity index (χ4v) is 2.18. The topological polar surface area (TPSA) is 44.4 Å². The summed E-state index contributed by atoms with van der Waals surface area (Å²) in [5, 5.41) is 6.13. The fourth-order valence-electron chi connectivity index (χ4n) is 2.18. The van der Waals surface area contributed by atoms with E-state index in [2.05, 4.69) is 22.5 Å². The Morgan fingerprint density at radius 1 is 1.18 bits per heavy atom. The zero-order valence-electron chi connectivity index (χ0n) is 11.1. The van der Waals surface area contributed by atoms with E-state index >= 15 is 0 Å². The zero-order chi connectivity index (χ0) is 12.3. The quantitative estimate of drug-likeness (QED) is 0.623. The van der Waals surface area contributed by atoms with Crippen LogP contribution in [0.1, 0.15) is 39.0 Å². The van der Waals surface area contributed by atoms with Crippen molar-refractivity contribution in [3.05, 3.63) is 0 Å². The molecule has 0 aromatic heterocycles. The van der Waals surface area contributed by atoms with Gasteiger partial charge in [-0.2, -0.15) is 0 Å². The minimum absolute atomic E-state index is 0.171. The summed E-state index contributed by atoms with van der Waals surface area (Å²) in [7, 11) is 0. The summed E-state index contributed by atoms with van der Waals surface area (Å²) in [6, 6.07) is 0. The number of nitrogens with one attached hydrogen (secondary N) is 2. The van der Waals surface area contributed by atoms with E-state index in [9.17, 15) is 4.79 Å². The highest BCUT2D eigenvalue weighted by Gasteiger charge is 2.09. The van der Waals surface area contributed by atoms with E-state index in [0.29, 0.717) is 6.42 Å². The van der Waals surface area contributed by atoms with Crippen molar-refractivity contribution in [3.8, 4) is 0 Å². The Morgan fingerprint density at radius 3 is 2.65 bits per heavy atom. The number of rotatable bonds is 8. The standard InChI is InChI=1S/C13H27N3O/c1-2-14-9-7-13(17)15-8-6-12-16-10-4-3-5-11-16/h14H,2-12H2,1H3,(H,15,17). The Hall–Kier alpha value is -0.610. The van der Waals surface area contributed by atoms with Crippen LogP contribution in [0.4, 0.5) is 0 Å². The number of amides is 1. The number of hydrogen-bond donors (Lipinski definition) is 2. The van der Waals surface area contributed by atoms with E-state index in [0.717, 1.165) is 32.6 Å². The summed E-state index contributed by atoms with van der Waals surface area (Å²) in [6.07, 6.45) is 5.74. The van der Waals surface area contributed by atoms with Crippen LogP contribution in [0.3, 0.4) is 0 Å². The van der Waals surface area contributed by atoms with Gasteiger partial charge in [0.2, 0.25) is 5.91 Å². The highest BCUT2D eigenvalue weighted by Crippen LogP contribution is 2.08. The van der Waals surface area contributed by atoms with Gasteiger partial charge in [-0.15, -0.1) is 0 Å². The van der Waals surface area contributed by atoms with Gasteiger partial charge >= 0.3 is 0 Å². The zero-order valence-corrected chi connectivity index (χ0v) is 11.1. The minimum atomic E-state index is 0.171. The fraction of sp³-hybridized carbons (Fsp3) is 0.923. The molecule has 1 aliphatic heterocycles. The van der Waals surface area contributed by atoms with Gasteiger partial charge in [0.25, 0.3) is 0 Å². The van der Waals surface area contributed by atoms with Crippen molar-refractivity contribution in [1.29, 1.82) is 0 Å². The van der Waals surface area contributed by atoms with Crippen molar-refractivity contribution in [1.82, 2.24) is 15.5 Å². The van der Waals surface area contributed by atoms with Gasteiger partial charge in [-0.05, 0) is 45.4 Å². The number of likely N-dealkylation sites (tertiary alicyclic amines) is 1. The number of nitrogens with zero attached hydrogens (tertiary/aromatic N) is 1. The first-order valence-electron chi connectivity index (χ1n) is 7.02. The molecule has 0 saturated carbocycles. The predicted octanol–water partition coefficient (Wildman–Crippen LogP) is 0.978. The summed E-state index contributed by atoms with van der Waals surface area (Å²) in [4.78, 5) is 13.9. The molecular weight excluding hydrogens is 214 g/mol. The highest BCUT2D eigenvalue weighted by molar-refractivity contribution is 5.75. The van der Waals surface area contributed by atoms with Crippen LogP contribution in [-0.2, 0) is 4.79 Å². The van der Waals surface area contributed by atoms with Crippen molar-refractivity contribution >= 4 is 5.91 Å². The Balaban J connectivity index is 1.90. The van der Waals surface area contributed by atoms with Crippen LogP contribution < -0.4 is 10.6 Å². The molecular formula is C13H27N3O. The monoisotopic (exact) mass is 241 g/mol. The molecule has 0 unspecified atom stereocenters. The van der Waals surface area contributed by atoms with Crippen LogP contribution in [0, 0.1) is 0 Å². The summed E-state index contributed by atoms with van der Waals surface area (Å²) in [5.41, 5.74) is 0. The Labute approximate surface area is 105 Å². The average Bonchev–Trinajstić information content (AvgIpc) is 2.36. The Kier molecular flexibility index (Phi) is 8.01. The van der Waals surface area contributed by atoms with Gasteiger partial charge in [0.1, 0.15) is 0 Å². The maximum absolute atomic E-state index is 11.4. The normalized spacial score (nSPS) is 17.0. The molecule has 1 amide bonds. The number of carbonyl (C=O) groups excluding carboxylic acids is 1. The van der Waals surface area contributed by atoms with Crippen molar-refractivity contribution in [2.24, 2.45) is 0 Å². The minimum Gasteiger partial charge on any atom is -0.356 e. The van der Waals surface area contributed by atoms with Gasteiger partial charge in [-0.25, -0.2) is 0 Å². The van der Waals surface area contributed by atoms with Crippen molar-refractivity contribution in [3.63, 3.8) is 0 Å². The van der Waals surface area contributed by atoms with Gasteiger partial charge < -0.3 is 15.5 Å². The van der Waals surface area contributed by atoms with Crippen LogP contribution in [0.15, 0.2) is 0 Å². The number of hydrogen-bond acceptors (Lipinski definition) is 3. The lowest BCUT2D eigenvalue weighted by molar-refractivity contribution is -0.121. The summed E-state index contributed by atoms with van der Waals surface area (Å²) in [5.74, 6) is 0.171. The summed E-state index contributed by atoms with van der Waals surface area (Å²) >= 11 is 0. The van der Waals surface area contributed by atoms with Crippen LogP contribution in [0.5, 0.6) is 0 Å². The second kappa shape index (κ2) is 9.42. The van der Waals surface area contributed by atoms with Gasteiger partial charge in [-0.1, -0.05) is 13.3 Å². The van der Waals surface area contributed by atoms with E-state index in [1.165, 1.54) is 32.4 Å². The van der Waals surface area contributed by atoms with Gasteiger partial charge in [0, 0.05) is 19.5 Å². The molecule has 17 heavy (non-hydrogen) atoms. The third-order valence-electron chi connectivity index (χ3n) is 3.20. The SMILES string of the molecule is CCNCCC(=O)NCCCN1CCCCC1. The van der Waals surface area contributed by atoms with Crippen molar-refractivity contribution in [2.75, 3.05) is 39.3 Å². The van der Waals surface area contributed by atoms with Crippen LogP contribution in [0.2, 0.25) is 0 Å². The second-order valence-electron chi connectivity index (χ2n) is 4.71. The van der Waals surface area contributed by atoms with E-state index in [1.807, 2.05) is 0 Å². The molecule has 1 aliphatic rings. The molecule has 4 heteroatoms. The molecule has 0 aromatic carbocycles. The molecule has 1 saturated heterocycles. The largest absolute Gasteiger partial charge is 0.356 e. The van der Waals surface area contributed by atoms with E-state index in [4.69, 9.17) is 0 Å². The molecule has 1 heterocycles. The Morgan fingerprint density at radius 2 is 1.94 bits per heavy atom. The van der Waals surface area contributed by atoms with Crippen LogP contribution in [-0.4, -0.2) is 50.1 Å². The lowest BCUT2D eigenvalue weighted by Crippen LogP contribution is -2.34. The summed E-state index contributed by atoms with van der Waals surface area (Å²) < 4.78 is 0. The first kappa shape index (κ1) is 14.5. The molecule has 1 fully saturated rings. The van der Waals surface area contributed by atoms with E-state index < -0.39 is 0 Å². The number of carbonyl (C=O) groups is 1. The molecule has 0 aromatic rings. The van der Waals surface area contributed by atoms with E-state index in [1.54, 1.807) is 0 Å². The Bertz CT molecular complexity index is 203. The van der Waals surface area contributed by atoms with Gasteiger partial charge in [0.05, 0.1) is 0 Å². The van der Waals surface area contributed by atoms with Crippen molar-refractivity contribution < 1.29 is 4.79 Å². The molecule has 0 bridgehead atoms.